The molecule has 3 aromatic rings. The van der Waals surface area contributed by atoms with Crippen molar-refractivity contribution in [2.24, 2.45) is 0 Å². The number of anilines is 1. The molecule has 3 rings (SSSR count). The monoisotopic (exact) mass is 541 g/mol. The Morgan fingerprint density at radius 3 is 2.29 bits per heavy atom. The second-order valence-electron chi connectivity index (χ2n) is 6.58. The van der Waals surface area contributed by atoms with Gasteiger partial charge in [0, 0.05) is 27.8 Å². The van der Waals surface area contributed by atoms with Crippen molar-refractivity contribution in [2.45, 2.75) is 27.0 Å². The maximum atomic E-state index is 6.23. The van der Waals surface area contributed by atoms with Crippen LogP contribution in [-0.2, 0) is 13.2 Å². The van der Waals surface area contributed by atoms with E-state index >= 15 is 0 Å². The number of hydrogen-bond acceptors (Lipinski definition) is 2. The van der Waals surface area contributed by atoms with Crippen LogP contribution < -0.4 is 10.1 Å². The molecule has 1 N–H and O–H groups in total. The molecule has 0 radical (unpaired) electrons. The molecule has 2 nitrogen and oxygen atoms in total. The topological polar surface area (TPSA) is 21.3 Å². The molecule has 0 spiro atoms. The van der Waals surface area contributed by atoms with Crippen molar-refractivity contribution in [3.63, 3.8) is 0 Å². The zero-order chi connectivity index (χ0) is 20.3. The standard InChI is InChI=1S/C22H19Br2Cl2NO/c1-13-3-6-21(14(2)7-13)27-11-15-8-18(23)22(19(24)9-15)28-12-16-4-5-17(25)10-20(16)26/h3-10,27H,11-12H2,1-2H3. The Hall–Kier alpha value is -1.20. The van der Waals surface area contributed by atoms with Gasteiger partial charge in [0.2, 0.25) is 0 Å². The lowest BCUT2D eigenvalue weighted by Gasteiger charge is -2.15. The molecular formula is C22H19Br2Cl2NO. The van der Waals surface area contributed by atoms with E-state index < -0.39 is 0 Å². The summed E-state index contributed by atoms with van der Waals surface area (Å²) >= 11 is 19.4. The molecule has 3 aromatic carbocycles. The van der Waals surface area contributed by atoms with Gasteiger partial charge in [-0.3, -0.25) is 0 Å². The molecule has 0 atom stereocenters. The fourth-order valence-electron chi connectivity index (χ4n) is 2.85. The van der Waals surface area contributed by atoms with Crippen molar-refractivity contribution in [2.75, 3.05) is 5.32 Å². The van der Waals surface area contributed by atoms with E-state index in [-0.39, 0.29) is 0 Å². The maximum absolute atomic E-state index is 6.23. The van der Waals surface area contributed by atoms with Crippen LogP contribution in [-0.4, -0.2) is 0 Å². The van der Waals surface area contributed by atoms with E-state index in [2.05, 4.69) is 81.4 Å². The summed E-state index contributed by atoms with van der Waals surface area (Å²) in [6, 6.07) is 15.9. The van der Waals surface area contributed by atoms with Crippen molar-refractivity contribution in [1.29, 1.82) is 0 Å². The van der Waals surface area contributed by atoms with Crippen molar-refractivity contribution >= 4 is 60.7 Å². The molecule has 0 aliphatic rings. The average Bonchev–Trinajstić information content (AvgIpc) is 2.62. The predicted molar refractivity (Wildman–Crippen MR) is 126 cm³/mol. The van der Waals surface area contributed by atoms with Crippen molar-refractivity contribution < 1.29 is 4.74 Å². The Morgan fingerprint density at radius 2 is 1.64 bits per heavy atom. The molecule has 0 aromatic heterocycles. The minimum atomic E-state index is 0.355. The van der Waals surface area contributed by atoms with Crippen LogP contribution in [0.3, 0.4) is 0 Å². The fraction of sp³-hybridized carbons (Fsp3) is 0.182. The summed E-state index contributed by atoms with van der Waals surface area (Å²) < 4.78 is 7.74. The van der Waals surface area contributed by atoms with E-state index in [0.717, 1.165) is 31.5 Å². The van der Waals surface area contributed by atoms with E-state index in [4.69, 9.17) is 27.9 Å². The summed E-state index contributed by atoms with van der Waals surface area (Å²) in [5, 5.41) is 4.69. The third-order valence-corrected chi connectivity index (χ3v) is 6.08. The van der Waals surface area contributed by atoms with Gasteiger partial charge < -0.3 is 10.1 Å². The number of rotatable bonds is 6. The maximum Gasteiger partial charge on any atom is 0.148 e. The van der Waals surface area contributed by atoms with Gasteiger partial charge in [-0.2, -0.15) is 0 Å². The van der Waals surface area contributed by atoms with E-state index in [9.17, 15) is 0 Å². The van der Waals surface area contributed by atoms with Crippen LogP contribution in [0.1, 0.15) is 22.3 Å². The van der Waals surface area contributed by atoms with E-state index in [0.29, 0.717) is 23.2 Å². The first kappa shape index (κ1) is 21.5. The molecule has 6 heteroatoms. The lowest BCUT2D eigenvalue weighted by atomic mass is 10.1. The van der Waals surface area contributed by atoms with Crippen LogP contribution in [0, 0.1) is 13.8 Å². The first-order valence-corrected chi connectivity index (χ1v) is 11.0. The zero-order valence-electron chi connectivity index (χ0n) is 15.5. The van der Waals surface area contributed by atoms with Gasteiger partial charge in [0.1, 0.15) is 12.4 Å². The number of ether oxygens (including phenoxy) is 1. The highest BCUT2D eigenvalue weighted by Gasteiger charge is 2.11. The molecule has 0 saturated carbocycles. The Bertz CT molecular complexity index is 985. The van der Waals surface area contributed by atoms with Crippen LogP contribution in [0.5, 0.6) is 5.75 Å². The van der Waals surface area contributed by atoms with Gasteiger partial charge in [0.15, 0.2) is 0 Å². The number of halogens is 4. The molecule has 0 aliphatic heterocycles. The highest BCUT2D eigenvalue weighted by molar-refractivity contribution is 9.11. The third kappa shape index (κ3) is 5.44. The summed E-state index contributed by atoms with van der Waals surface area (Å²) in [6.07, 6.45) is 0. The van der Waals surface area contributed by atoms with E-state index in [1.807, 2.05) is 6.07 Å². The predicted octanol–water partition coefficient (Wildman–Crippen LogP) is 8.33. The van der Waals surface area contributed by atoms with E-state index in [1.54, 1.807) is 12.1 Å². The Morgan fingerprint density at radius 1 is 0.929 bits per heavy atom. The number of benzene rings is 3. The van der Waals surface area contributed by atoms with Gasteiger partial charge in [-0.1, -0.05) is 47.0 Å². The molecule has 0 aliphatic carbocycles. The molecule has 146 valence electrons. The number of hydrogen-bond donors (Lipinski definition) is 1. The molecule has 0 bridgehead atoms. The van der Waals surface area contributed by atoms with Gasteiger partial charge in [0.05, 0.1) is 8.95 Å². The second kappa shape index (κ2) is 9.53. The van der Waals surface area contributed by atoms with Crippen molar-refractivity contribution in [3.05, 3.63) is 89.8 Å². The third-order valence-electron chi connectivity index (χ3n) is 4.31. The molecular weight excluding hydrogens is 525 g/mol. The summed E-state index contributed by atoms with van der Waals surface area (Å²) in [5.41, 5.74) is 5.64. The van der Waals surface area contributed by atoms with Crippen LogP contribution in [0.25, 0.3) is 0 Å². The zero-order valence-corrected chi connectivity index (χ0v) is 20.1. The number of aryl methyl sites for hydroxylation is 2. The van der Waals surface area contributed by atoms with Crippen molar-refractivity contribution in [1.82, 2.24) is 0 Å². The lowest BCUT2D eigenvalue weighted by Crippen LogP contribution is -2.03. The minimum absolute atomic E-state index is 0.355. The van der Waals surface area contributed by atoms with Crippen LogP contribution >= 0.6 is 55.1 Å². The molecule has 0 fully saturated rings. The Balaban J connectivity index is 1.70. The molecule has 0 amide bonds. The molecule has 0 heterocycles. The molecule has 0 saturated heterocycles. The van der Waals surface area contributed by atoms with Crippen LogP contribution in [0.2, 0.25) is 10.0 Å². The molecule has 28 heavy (non-hydrogen) atoms. The smallest absolute Gasteiger partial charge is 0.148 e. The Labute approximate surface area is 192 Å². The summed E-state index contributed by atoms with van der Waals surface area (Å²) in [4.78, 5) is 0. The molecule has 0 unspecified atom stereocenters. The quantitative estimate of drug-likeness (QED) is 0.337. The summed E-state index contributed by atoms with van der Waals surface area (Å²) in [7, 11) is 0. The highest BCUT2D eigenvalue weighted by Crippen LogP contribution is 2.36. The van der Waals surface area contributed by atoms with Gasteiger partial charge >= 0.3 is 0 Å². The van der Waals surface area contributed by atoms with Gasteiger partial charge in [-0.25, -0.2) is 0 Å². The van der Waals surface area contributed by atoms with Gasteiger partial charge in [-0.05, 0) is 87.2 Å². The first-order chi connectivity index (χ1) is 13.3. The average molecular weight is 544 g/mol. The number of nitrogens with one attached hydrogen (secondary N) is 1. The normalized spacial score (nSPS) is 10.8. The van der Waals surface area contributed by atoms with Crippen molar-refractivity contribution in [3.8, 4) is 5.75 Å². The minimum Gasteiger partial charge on any atom is -0.486 e. The van der Waals surface area contributed by atoms with Gasteiger partial charge in [-0.15, -0.1) is 0 Å². The van der Waals surface area contributed by atoms with Gasteiger partial charge in [0.25, 0.3) is 0 Å². The highest BCUT2D eigenvalue weighted by atomic mass is 79.9. The Kier molecular flexibility index (Phi) is 7.32. The first-order valence-electron chi connectivity index (χ1n) is 8.69. The summed E-state index contributed by atoms with van der Waals surface area (Å²) in [5.74, 6) is 0.737. The lowest BCUT2D eigenvalue weighted by molar-refractivity contribution is 0.302. The second-order valence-corrected chi connectivity index (χ2v) is 9.14. The van der Waals surface area contributed by atoms with Crippen LogP contribution in [0.15, 0.2) is 57.5 Å². The fourth-order valence-corrected chi connectivity index (χ4v) is 4.82. The van der Waals surface area contributed by atoms with E-state index in [1.165, 1.54) is 11.1 Å². The largest absolute Gasteiger partial charge is 0.486 e. The van der Waals surface area contributed by atoms with Crippen LogP contribution in [0.4, 0.5) is 5.69 Å². The summed E-state index contributed by atoms with van der Waals surface area (Å²) in [6.45, 7) is 5.28. The SMILES string of the molecule is Cc1ccc(NCc2cc(Br)c(OCc3ccc(Cl)cc3Cl)c(Br)c2)c(C)c1.